The van der Waals surface area contributed by atoms with Crippen LogP contribution >= 0.6 is 0 Å². The summed E-state index contributed by atoms with van der Waals surface area (Å²) in [5, 5.41) is 18.5. The molecule has 2 N–H and O–H groups in total. The van der Waals surface area contributed by atoms with Crippen LogP contribution in [0.25, 0.3) is 0 Å². The van der Waals surface area contributed by atoms with Crippen molar-refractivity contribution in [3.05, 3.63) is 53.6 Å². The lowest BCUT2D eigenvalue weighted by molar-refractivity contribution is 0.0696. The van der Waals surface area contributed by atoms with Gasteiger partial charge in [-0.25, -0.2) is 9.78 Å². The first kappa shape index (κ1) is 14.3. The van der Waals surface area contributed by atoms with Crippen LogP contribution in [0.2, 0.25) is 0 Å². The molecule has 7 nitrogen and oxygen atoms in total. The van der Waals surface area contributed by atoms with Crippen LogP contribution in [0.15, 0.2) is 36.8 Å². The molecule has 0 fully saturated rings. The number of carboxylic acids is 1. The third kappa shape index (κ3) is 3.27. The largest absolute Gasteiger partial charge is 0.507 e. The van der Waals surface area contributed by atoms with Crippen LogP contribution in [0, 0.1) is 0 Å². The number of carboxylic acid groups (broad SMARTS) is 1. The molecule has 21 heavy (non-hydrogen) atoms. The van der Waals surface area contributed by atoms with E-state index in [0.29, 0.717) is 0 Å². The van der Waals surface area contributed by atoms with Crippen LogP contribution < -0.4 is 0 Å². The Bertz CT molecular complexity index is 713. The highest BCUT2D eigenvalue weighted by atomic mass is 16.4. The molecule has 0 saturated carbocycles. The van der Waals surface area contributed by atoms with Crippen molar-refractivity contribution in [3.8, 4) is 5.75 Å². The third-order valence-corrected chi connectivity index (χ3v) is 2.71. The molecule has 0 bridgehead atoms. The SMILES string of the molecule is O=C(O)c1ccc(O)c(C(=O)CC(=O)c2cnccn2)c1. The predicted molar refractivity (Wildman–Crippen MR) is 70.4 cm³/mol. The Kier molecular flexibility index (Phi) is 4.03. The summed E-state index contributed by atoms with van der Waals surface area (Å²) in [7, 11) is 0. The molecule has 0 aliphatic rings. The van der Waals surface area contributed by atoms with Gasteiger partial charge in [0.15, 0.2) is 11.6 Å². The Morgan fingerprint density at radius 3 is 2.48 bits per heavy atom. The quantitative estimate of drug-likeness (QED) is 0.629. The standard InChI is InChI=1S/C14H10N2O5/c17-11-2-1-8(14(20)21)5-9(11)12(18)6-13(19)10-7-15-3-4-16-10/h1-5,7,17H,6H2,(H,20,21). The Morgan fingerprint density at radius 1 is 1.10 bits per heavy atom. The fourth-order valence-electron chi connectivity index (χ4n) is 1.67. The smallest absolute Gasteiger partial charge is 0.335 e. The highest BCUT2D eigenvalue weighted by Crippen LogP contribution is 2.21. The van der Waals surface area contributed by atoms with Crippen LogP contribution in [0.3, 0.4) is 0 Å². The van der Waals surface area contributed by atoms with E-state index in [9.17, 15) is 19.5 Å². The molecule has 0 spiro atoms. The molecule has 2 rings (SSSR count). The van der Waals surface area contributed by atoms with E-state index in [1.807, 2.05) is 0 Å². The van der Waals surface area contributed by atoms with E-state index in [0.717, 1.165) is 12.1 Å². The number of benzene rings is 1. The van der Waals surface area contributed by atoms with Crippen molar-refractivity contribution in [2.75, 3.05) is 0 Å². The molecule has 0 saturated heterocycles. The molecule has 2 aromatic rings. The second kappa shape index (κ2) is 5.91. The molecule has 0 radical (unpaired) electrons. The van der Waals surface area contributed by atoms with Gasteiger partial charge in [-0.15, -0.1) is 0 Å². The average Bonchev–Trinajstić information content (AvgIpc) is 2.48. The van der Waals surface area contributed by atoms with Gasteiger partial charge < -0.3 is 10.2 Å². The van der Waals surface area contributed by atoms with Crippen LogP contribution in [0.4, 0.5) is 0 Å². The molecule has 0 aliphatic heterocycles. The Morgan fingerprint density at radius 2 is 1.86 bits per heavy atom. The van der Waals surface area contributed by atoms with Crippen molar-refractivity contribution in [2.24, 2.45) is 0 Å². The minimum Gasteiger partial charge on any atom is -0.507 e. The number of phenolic OH excluding ortho intramolecular Hbond substituents is 1. The maximum Gasteiger partial charge on any atom is 0.335 e. The summed E-state index contributed by atoms with van der Waals surface area (Å²) >= 11 is 0. The number of carbonyl (C=O) groups excluding carboxylic acids is 2. The minimum atomic E-state index is -1.23. The third-order valence-electron chi connectivity index (χ3n) is 2.71. The molecule has 0 unspecified atom stereocenters. The van der Waals surface area contributed by atoms with Gasteiger partial charge in [-0.2, -0.15) is 0 Å². The van der Waals surface area contributed by atoms with Crippen molar-refractivity contribution in [1.82, 2.24) is 9.97 Å². The Labute approximate surface area is 118 Å². The van der Waals surface area contributed by atoms with Crippen molar-refractivity contribution in [1.29, 1.82) is 0 Å². The first-order valence-corrected chi connectivity index (χ1v) is 5.87. The highest BCUT2D eigenvalue weighted by Gasteiger charge is 2.19. The maximum atomic E-state index is 12.0. The summed E-state index contributed by atoms with van der Waals surface area (Å²) in [4.78, 5) is 42.2. The summed E-state index contributed by atoms with van der Waals surface area (Å²) in [5.41, 5.74) is -0.338. The van der Waals surface area contributed by atoms with Crippen LogP contribution in [0.1, 0.15) is 37.6 Å². The fourth-order valence-corrected chi connectivity index (χ4v) is 1.67. The van der Waals surface area contributed by atoms with Gasteiger partial charge in [0.1, 0.15) is 11.4 Å². The molecule has 0 amide bonds. The average molecular weight is 286 g/mol. The molecule has 7 heteroatoms. The minimum absolute atomic E-state index is 0.0275. The highest BCUT2D eigenvalue weighted by molar-refractivity contribution is 6.14. The van der Waals surface area contributed by atoms with E-state index < -0.39 is 24.0 Å². The van der Waals surface area contributed by atoms with Crippen molar-refractivity contribution in [2.45, 2.75) is 6.42 Å². The fraction of sp³-hybridized carbons (Fsp3) is 0.0714. The van der Waals surface area contributed by atoms with E-state index in [1.165, 1.54) is 24.7 Å². The van der Waals surface area contributed by atoms with Gasteiger partial charge in [-0.3, -0.25) is 14.6 Å². The summed E-state index contributed by atoms with van der Waals surface area (Å²) in [6, 6.07) is 3.30. The number of carbonyl (C=O) groups is 3. The van der Waals surface area contributed by atoms with Crippen molar-refractivity contribution >= 4 is 17.5 Å². The number of rotatable bonds is 5. The summed E-state index contributed by atoms with van der Waals surface area (Å²) in [5.74, 6) is -2.86. The van der Waals surface area contributed by atoms with Crippen LogP contribution in [0.5, 0.6) is 5.75 Å². The first-order valence-electron chi connectivity index (χ1n) is 5.87. The maximum absolute atomic E-state index is 12.0. The number of phenols is 1. The molecular formula is C14H10N2O5. The second-order valence-corrected chi connectivity index (χ2v) is 4.15. The Hall–Kier alpha value is -3.09. The lowest BCUT2D eigenvalue weighted by Gasteiger charge is -2.04. The molecule has 1 aromatic heterocycles. The Balaban J connectivity index is 2.23. The lowest BCUT2D eigenvalue weighted by atomic mass is 10.0. The van der Waals surface area contributed by atoms with Crippen LogP contribution in [-0.2, 0) is 0 Å². The number of hydrogen-bond donors (Lipinski definition) is 2. The number of ketones is 2. The number of Topliss-reactive ketones (excluding diaryl/α,β-unsaturated/α-hetero) is 2. The number of aromatic carboxylic acids is 1. The van der Waals surface area contributed by atoms with Gasteiger partial charge in [0.05, 0.1) is 23.7 Å². The number of nitrogens with zero attached hydrogens (tertiary/aromatic N) is 2. The zero-order valence-electron chi connectivity index (χ0n) is 10.7. The normalized spacial score (nSPS) is 10.1. The predicted octanol–water partition coefficient (Wildman–Crippen LogP) is 1.34. The van der Waals surface area contributed by atoms with Gasteiger partial charge in [-0.1, -0.05) is 0 Å². The van der Waals surface area contributed by atoms with E-state index in [2.05, 4.69) is 9.97 Å². The van der Waals surface area contributed by atoms with Crippen molar-refractivity contribution < 1.29 is 24.6 Å². The van der Waals surface area contributed by atoms with Gasteiger partial charge in [-0.05, 0) is 18.2 Å². The van der Waals surface area contributed by atoms with Gasteiger partial charge >= 0.3 is 5.97 Å². The van der Waals surface area contributed by atoms with E-state index in [4.69, 9.17) is 5.11 Å². The zero-order valence-corrected chi connectivity index (χ0v) is 10.7. The van der Waals surface area contributed by atoms with E-state index in [-0.39, 0.29) is 22.6 Å². The lowest BCUT2D eigenvalue weighted by Crippen LogP contribution is -2.11. The number of aromatic nitrogens is 2. The van der Waals surface area contributed by atoms with Gasteiger partial charge in [0, 0.05) is 12.4 Å². The molecule has 106 valence electrons. The monoisotopic (exact) mass is 286 g/mol. The molecule has 0 aliphatic carbocycles. The summed E-state index contributed by atoms with van der Waals surface area (Å²) in [6.07, 6.45) is 3.40. The molecule has 1 heterocycles. The van der Waals surface area contributed by atoms with Gasteiger partial charge in [0.2, 0.25) is 0 Å². The first-order chi connectivity index (χ1) is 9.99. The van der Waals surface area contributed by atoms with E-state index >= 15 is 0 Å². The van der Waals surface area contributed by atoms with Gasteiger partial charge in [0.25, 0.3) is 0 Å². The second-order valence-electron chi connectivity index (χ2n) is 4.15. The van der Waals surface area contributed by atoms with E-state index in [1.54, 1.807) is 0 Å². The number of hydrogen-bond acceptors (Lipinski definition) is 6. The molecule has 0 atom stereocenters. The van der Waals surface area contributed by atoms with Crippen molar-refractivity contribution in [3.63, 3.8) is 0 Å². The molecule has 1 aromatic carbocycles. The molecular weight excluding hydrogens is 276 g/mol. The zero-order chi connectivity index (χ0) is 15.4. The summed E-state index contributed by atoms with van der Waals surface area (Å²) < 4.78 is 0. The number of aromatic hydroxyl groups is 1. The summed E-state index contributed by atoms with van der Waals surface area (Å²) in [6.45, 7) is 0. The van der Waals surface area contributed by atoms with Crippen LogP contribution in [-0.4, -0.2) is 37.7 Å². The topological polar surface area (TPSA) is 117 Å².